The maximum absolute atomic E-state index is 11.1. The van der Waals surface area contributed by atoms with Crippen molar-refractivity contribution in [2.45, 2.75) is 31.7 Å². The van der Waals surface area contributed by atoms with Crippen molar-refractivity contribution in [2.75, 3.05) is 23.3 Å². The van der Waals surface area contributed by atoms with Gasteiger partial charge in [0.25, 0.3) is 0 Å². The Morgan fingerprint density at radius 2 is 2.21 bits per heavy atom. The van der Waals surface area contributed by atoms with Gasteiger partial charge in [0, 0.05) is 25.2 Å². The van der Waals surface area contributed by atoms with Gasteiger partial charge in [0.2, 0.25) is 0 Å². The van der Waals surface area contributed by atoms with Crippen molar-refractivity contribution in [3.05, 3.63) is 12.4 Å². The fourth-order valence-corrected chi connectivity index (χ4v) is 2.42. The zero-order valence-electron chi connectivity index (χ0n) is 10.7. The van der Waals surface area contributed by atoms with Crippen LogP contribution in [0.2, 0.25) is 0 Å². The third-order valence-electron chi connectivity index (χ3n) is 3.68. The van der Waals surface area contributed by atoms with Crippen molar-refractivity contribution in [3.63, 3.8) is 0 Å². The van der Waals surface area contributed by atoms with E-state index in [0.29, 0.717) is 12.6 Å². The molecule has 1 aliphatic heterocycles. The normalized spacial score (nSPS) is 23.2. The predicted molar refractivity (Wildman–Crippen MR) is 71.2 cm³/mol. The molecule has 2 aliphatic rings. The Hall–Kier alpha value is -1.85. The van der Waals surface area contributed by atoms with Crippen molar-refractivity contribution >= 4 is 17.6 Å². The Balaban J connectivity index is 1.71. The number of hydrogen-bond donors (Lipinski definition) is 2. The molecule has 1 aromatic heterocycles. The quantitative estimate of drug-likeness (QED) is 0.853. The number of piperidine rings is 1. The number of carboxylic acids is 1. The van der Waals surface area contributed by atoms with Gasteiger partial charge in [0.1, 0.15) is 18.0 Å². The minimum atomic E-state index is -0.713. The molecular weight excluding hydrogens is 244 g/mol. The fourth-order valence-electron chi connectivity index (χ4n) is 2.42. The highest BCUT2D eigenvalue weighted by atomic mass is 16.4. The van der Waals surface area contributed by atoms with Crippen molar-refractivity contribution in [2.24, 2.45) is 5.92 Å². The van der Waals surface area contributed by atoms with Gasteiger partial charge in [-0.1, -0.05) is 0 Å². The van der Waals surface area contributed by atoms with Crippen molar-refractivity contribution < 1.29 is 9.90 Å². The molecule has 1 saturated carbocycles. The van der Waals surface area contributed by atoms with Crippen LogP contribution in [0, 0.1) is 5.92 Å². The van der Waals surface area contributed by atoms with Crippen LogP contribution in [0.1, 0.15) is 25.7 Å². The summed E-state index contributed by atoms with van der Waals surface area (Å²) in [6.07, 6.45) is 5.59. The van der Waals surface area contributed by atoms with Crippen LogP contribution in [-0.2, 0) is 4.79 Å². The van der Waals surface area contributed by atoms with Gasteiger partial charge in [-0.2, -0.15) is 0 Å². The highest BCUT2D eigenvalue weighted by Gasteiger charge is 2.26. The molecule has 0 radical (unpaired) electrons. The van der Waals surface area contributed by atoms with Gasteiger partial charge < -0.3 is 15.3 Å². The molecule has 1 atom stereocenters. The number of hydrogen-bond acceptors (Lipinski definition) is 5. The zero-order chi connectivity index (χ0) is 13.2. The van der Waals surface area contributed by atoms with Gasteiger partial charge in [-0.15, -0.1) is 0 Å². The minimum Gasteiger partial charge on any atom is -0.481 e. The number of carboxylic acid groups (broad SMARTS) is 1. The molecule has 0 amide bonds. The van der Waals surface area contributed by atoms with E-state index in [1.165, 1.54) is 12.8 Å². The molecule has 6 heteroatoms. The molecule has 2 fully saturated rings. The molecular formula is C13H18N4O2. The summed E-state index contributed by atoms with van der Waals surface area (Å²) in [4.78, 5) is 21.6. The maximum atomic E-state index is 11.1. The topological polar surface area (TPSA) is 78.4 Å². The van der Waals surface area contributed by atoms with E-state index < -0.39 is 5.97 Å². The van der Waals surface area contributed by atoms with E-state index in [9.17, 15) is 4.79 Å². The number of nitrogens with one attached hydrogen (secondary N) is 1. The van der Waals surface area contributed by atoms with Crippen LogP contribution in [0.15, 0.2) is 12.4 Å². The lowest BCUT2D eigenvalue weighted by molar-refractivity contribution is -0.141. The minimum absolute atomic E-state index is 0.288. The number of anilines is 2. The predicted octanol–water partition coefficient (Wildman–Crippen LogP) is 1.35. The van der Waals surface area contributed by atoms with Crippen molar-refractivity contribution in [1.29, 1.82) is 0 Å². The monoisotopic (exact) mass is 262 g/mol. The van der Waals surface area contributed by atoms with Crippen molar-refractivity contribution in [1.82, 2.24) is 9.97 Å². The van der Waals surface area contributed by atoms with E-state index in [4.69, 9.17) is 5.11 Å². The summed E-state index contributed by atoms with van der Waals surface area (Å²) in [5, 5.41) is 12.4. The molecule has 3 rings (SSSR count). The smallest absolute Gasteiger partial charge is 0.308 e. The van der Waals surface area contributed by atoms with Crippen LogP contribution in [-0.4, -0.2) is 40.2 Å². The Labute approximate surface area is 111 Å². The molecule has 0 bridgehead atoms. The Morgan fingerprint density at radius 1 is 1.37 bits per heavy atom. The van der Waals surface area contributed by atoms with Gasteiger partial charge in [0.05, 0.1) is 5.92 Å². The Bertz CT molecular complexity index is 475. The number of aliphatic carboxylic acids is 1. The molecule has 0 unspecified atom stereocenters. The van der Waals surface area contributed by atoms with E-state index in [1.807, 2.05) is 11.0 Å². The third kappa shape index (κ3) is 2.94. The number of nitrogens with zero attached hydrogens (tertiary/aromatic N) is 3. The Kier molecular flexibility index (Phi) is 3.23. The van der Waals surface area contributed by atoms with Crippen LogP contribution >= 0.6 is 0 Å². The average Bonchev–Trinajstić information content (AvgIpc) is 3.23. The molecule has 1 aromatic rings. The van der Waals surface area contributed by atoms with Gasteiger partial charge in [-0.25, -0.2) is 9.97 Å². The molecule has 0 aromatic carbocycles. The van der Waals surface area contributed by atoms with Crippen LogP contribution in [0.5, 0.6) is 0 Å². The van der Waals surface area contributed by atoms with Crippen LogP contribution in [0.25, 0.3) is 0 Å². The highest BCUT2D eigenvalue weighted by Crippen LogP contribution is 2.26. The lowest BCUT2D eigenvalue weighted by Crippen LogP contribution is -2.39. The van der Waals surface area contributed by atoms with Gasteiger partial charge in [-0.05, 0) is 25.7 Å². The summed E-state index contributed by atoms with van der Waals surface area (Å²) >= 11 is 0. The van der Waals surface area contributed by atoms with Gasteiger partial charge in [-0.3, -0.25) is 4.79 Å². The van der Waals surface area contributed by atoms with E-state index in [-0.39, 0.29) is 5.92 Å². The van der Waals surface area contributed by atoms with Crippen LogP contribution in [0.4, 0.5) is 11.6 Å². The molecule has 1 saturated heterocycles. The van der Waals surface area contributed by atoms with E-state index in [1.54, 1.807) is 6.33 Å². The summed E-state index contributed by atoms with van der Waals surface area (Å²) in [6.45, 7) is 1.40. The first-order valence-corrected chi connectivity index (χ1v) is 6.79. The first-order chi connectivity index (χ1) is 9.22. The highest BCUT2D eigenvalue weighted by molar-refractivity contribution is 5.71. The van der Waals surface area contributed by atoms with E-state index in [0.717, 1.165) is 31.0 Å². The second kappa shape index (κ2) is 5.03. The maximum Gasteiger partial charge on any atom is 0.308 e. The van der Waals surface area contributed by atoms with Gasteiger partial charge >= 0.3 is 5.97 Å². The summed E-state index contributed by atoms with van der Waals surface area (Å²) in [7, 11) is 0. The molecule has 19 heavy (non-hydrogen) atoms. The number of aromatic nitrogens is 2. The van der Waals surface area contributed by atoms with Crippen LogP contribution < -0.4 is 10.2 Å². The standard InChI is InChI=1S/C13H18N4O2/c18-13(19)9-2-1-5-17(7-9)12-6-11(14-8-15-12)16-10-3-4-10/h6,8-10H,1-5,7H2,(H,18,19)(H,14,15,16)/t9-/m0/s1. The zero-order valence-corrected chi connectivity index (χ0v) is 10.7. The molecule has 2 N–H and O–H groups in total. The second-order valence-electron chi connectivity index (χ2n) is 5.30. The first-order valence-electron chi connectivity index (χ1n) is 6.79. The van der Waals surface area contributed by atoms with E-state index >= 15 is 0 Å². The summed E-state index contributed by atoms with van der Waals surface area (Å²) < 4.78 is 0. The second-order valence-corrected chi connectivity index (χ2v) is 5.30. The van der Waals surface area contributed by atoms with Crippen LogP contribution in [0.3, 0.4) is 0 Å². The number of carbonyl (C=O) groups is 1. The first kappa shape index (κ1) is 12.2. The average molecular weight is 262 g/mol. The largest absolute Gasteiger partial charge is 0.481 e. The lowest BCUT2D eigenvalue weighted by atomic mass is 9.98. The molecule has 2 heterocycles. The summed E-state index contributed by atoms with van der Waals surface area (Å²) in [6, 6.07) is 2.47. The molecule has 102 valence electrons. The molecule has 0 spiro atoms. The molecule has 1 aliphatic carbocycles. The SMILES string of the molecule is O=C(O)[C@H]1CCCN(c2cc(NC3CC3)ncn2)C1. The lowest BCUT2D eigenvalue weighted by Gasteiger charge is -2.31. The fraction of sp³-hybridized carbons (Fsp3) is 0.615. The van der Waals surface area contributed by atoms with Gasteiger partial charge in [0.15, 0.2) is 0 Å². The third-order valence-corrected chi connectivity index (χ3v) is 3.68. The number of rotatable bonds is 4. The summed E-state index contributed by atoms with van der Waals surface area (Å²) in [5.74, 6) is 0.660. The summed E-state index contributed by atoms with van der Waals surface area (Å²) in [5.41, 5.74) is 0. The van der Waals surface area contributed by atoms with Crippen molar-refractivity contribution in [3.8, 4) is 0 Å². The van der Waals surface area contributed by atoms with E-state index in [2.05, 4.69) is 15.3 Å². The Morgan fingerprint density at radius 3 is 2.95 bits per heavy atom. The molecule has 6 nitrogen and oxygen atoms in total.